The van der Waals surface area contributed by atoms with E-state index in [1.807, 2.05) is 13.8 Å². The average Bonchev–Trinajstić information content (AvgIpc) is 2.96. The van der Waals surface area contributed by atoms with Crippen molar-refractivity contribution >= 4 is 17.8 Å². The highest BCUT2D eigenvalue weighted by Gasteiger charge is 2.29. The fraction of sp³-hybridized carbons (Fsp3) is 0.611. The largest absolute Gasteiger partial charge is 0.481 e. The Morgan fingerprint density at radius 2 is 2.08 bits per heavy atom. The SMILES string of the molecule is Cc1oc(C(C)C)cc1C(=O)N(C)CC(=O)N1CCCC(C(=O)O)C1. The number of likely N-dealkylation sites (tertiary alicyclic amines) is 1. The molecule has 2 heterocycles. The number of nitrogens with zero attached hydrogens (tertiary/aromatic N) is 2. The van der Waals surface area contributed by atoms with E-state index in [-0.39, 0.29) is 30.8 Å². The number of carbonyl (C=O) groups excluding carboxylic acids is 2. The number of carbonyl (C=O) groups is 3. The Morgan fingerprint density at radius 3 is 2.64 bits per heavy atom. The van der Waals surface area contributed by atoms with Gasteiger partial charge in [-0.25, -0.2) is 0 Å². The van der Waals surface area contributed by atoms with Gasteiger partial charge < -0.3 is 19.3 Å². The van der Waals surface area contributed by atoms with Crippen LogP contribution in [0.15, 0.2) is 10.5 Å². The highest BCUT2D eigenvalue weighted by Crippen LogP contribution is 2.23. The number of aliphatic carboxylic acids is 1. The Bertz CT molecular complexity index is 664. The molecule has 1 fully saturated rings. The van der Waals surface area contributed by atoms with E-state index in [4.69, 9.17) is 9.52 Å². The van der Waals surface area contributed by atoms with Crippen LogP contribution in [0.2, 0.25) is 0 Å². The lowest BCUT2D eigenvalue weighted by atomic mass is 9.98. The molecule has 1 saturated heterocycles. The molecular formula is C18H26N2O5. The van der Waals surface area contributed by atoms with Crippen LogP contribution in [0.5, 0.6) is 0 Å². The summed E-state index contributed by atoms with van der Waals surface area (Å²) in [6, 6.07) is 1.73. The minimum atomic E-state index is -0.878. The smallest absolute Gasteiger partial charge is 0.308 e. The summed E-state index contributed by atoms with van der Waals surface area (Å²) in [5.74, 6) is -0.452. The number of carboxylic acids is 1. The van der Waals surface area contributed by atoms with Gasteiger partial charge in [-0.1, -0.05) is 13.8 Å². The van der Waals surface area contributed by atoms with Gasteiger partial charge in [0.15, 0.2) is 0 Å². The summed E-state index contributed by atoms with van der Waals surface area (Å²) in [7, 11) is 1.57. The highest BCUT2D eigenvalue weighted by atomic mass is 16.4. The van der Waals surface area contributed by atoms with Crippen molar-refractivity contribution in [2.24, 2.45) is 5.92 Å². The van der Waals surface area contributed by atoms with Crippen LogP contribution in [0.1, 0.15) is 54.5 Å². The average molecular weight is 350 g/mol. The molecule has 0 bridgehead atoms. The van der Waals surface area contributed by atoms with Crippen LogP contribution in [0.25, 0.3) is 0 Å². The summed E-state index contributed by atoms with van der Waals surface area (Å²) in [6.45, 7) is 6.36. The van der Waals surface area contributed by atoms with Gasteiger partial charge in [-0.15, -0.1) is 0 Å². The lowest BCUT2D eigenvalue weighted by Crippen LogP contribution is -2.46. The summed E-state index contributed by atoms with van der Waals surface area (Å²) in [5.41, 5.74) is 0.459. The predicted molar refractivity (Wildman–Crippen MR) is 91.4 cm³/mol. The van der Waals surface area contributed by atoms with Gasteiger partial charge in [0.1, 0.15) is 11.5 Å². The summed E-state index contributed by atoms with van der Waals surface area (Å²) in [5, 5.41) is 9.12. The normalized spacial score (nSPS) is 17.6. The van der Waals surface area contributed by atoms with E-state index < -0.39 is 11.9 Å². The minimum Gasteiger partial charge on any atom is -0.481 e. The second kappa shape index (κ2) is 7.72. The third kappa shape index (κ3) is 4.41. The van der Waals surface area contributed by atoms with Crippen molar-refractivity contribution < 1.29 is 23.9 Å². The lowest BCUT2D eigenvalue weighted by molar-refractivity contribution is -0.145. The van der Waals surface area contributed by atoms with Crippen molar-refractivity contribution in [2.45, 2.75) is 39.5 Å². The third-order valence-electron chi connectivity index (χ3n) is 4.58. The molecule has 1 aromatic rings. The molecule has 1 unspecified atom stereocenters. The van der Waals surface area contributed by atoms with Crippen molar-refractivity contribution in [1.82, 2.24) is 9.80 Å². The number of hydrogen-bond acceptors (Lipinski definition) is 4. The number of rotatable bonds is 5. The van der Waals surface area contributed by atoms with Crippen molar-refractivity contribution in [3.63, 3.8) is 0 Å². The summed E-state index contributed by atoms with van der Waals surface area (Å²) in [4.78, 5) is 39.0. The molecule has 0 radical (unpaired) electrons. The first-order valence-electron chi connectivity index (χ1n) is 8.57. The van der Waals surface area contributed by atoms with E-state index in [0.717, 1.165) is 5.76 Å². The fourth-order valence-electron chi connectivity index (χ4n) is 2.99. The third-order valence-corrected chi connectivity index (χ3v) is 4.58. The van der Waals surface area contributed by atoms with E-state index in [1.54, 1.807) is 20.0 Å². The van der Waals surface area contributed by atoms with Gasteiger partial charge in [0, 0.05) is 26.1 Å². The second-order valence-electron chi connectivity index (χ2n) is 6.95. The number of amides is 2. The molecule has 0 aliphatic carbocycles. The van der Waals surface area contributed by atoms with Gasteiger partial charge in [0.25, 0.3) is 5.91 Å². The summed E-state index contributed by atoms with van der Waals surface area (Å²) >= 11 is 0. The topological polar surface area (TPSA) is 91.1 Å². The molecule has 25 heavy (non-hydrogen) atoms. The maximum atomic E-state index is 12.6. The van der Waals surface area contributed by atoms with Crippen LogP contribution in [-0.4, -0.2) is 59.4 Å². The molecule has 2 rings (SSSR count). The van der Waals surface area contributed by atoms with E-state index in [9.17, 15) is 14.4 Å². The lowest BCUT2D eigenvalue weighted by Gasteiger charge is -2.32. The molecular weight excluding hydrogens is 324 g/mol. The Labute approximate surface area is 147 Å². The molecule has 1 atom stereocenters. The Hall–Kier alpha value is -2.31. The second-order valence-corrected chi connectivity index (χ2v) is 6.95. The maximum absolute atomic E-state index is 12.6. The quantitative estimate of drug-likeness (QED) is 0.878. The van der Waals surface area contributed by atoms with E-state index >= 15 is 0 Å². The first-order chi connectivity index (χ1) is 11.7. The number of piperidine rings is 1. The van der Waals surface area contributed by atoms with Crippen molar-refractivity contribution in [3.05, 3.63) is 23.2 Å². The molecule has 7 nitrogen and oxygen atoms in total. The molecule has 1 N–H and O–H groups in total. The van der Waals surface area contributed by atoms with Gasteiger partial charge in [0.05, 0.1) is 18.0 Å². The van der Waals surface area contributed by atoms with Gasteiger partial charge in [-0.3, -0.25) is 14.4 Å². The number of hydrogen-bond donors (Lipinski definition) is 1. The van der Waals surface area contributed by atoms with Crippen molar-refractivity contribution in [1.29, 1.82) is 0 Å². The van der Waals surface area contributed by atoms with Gasteiger partial charge in [-0.2, -0.15) is 0 Å². The van der Waals surface area contributed by atoms with E-state index in [0.29, 0.717) is 30.7 Å². The minimum absolute atomic E-state index is 0.0766. The van der Waals surface area contributed by atoms with E-state index in [1.165, 1.54) is 9.80 Å². The predicted octanol–water partition coefficient (Wildman–Crippen LogP) is 2.11. The zero-order chi connectivity index (χ0) is 18.7. The van der Waals surface area contributed by atoms with Crippen molar-refractivity contribution in [3.8, 4) is 0 Å². The van der Waals surface area contributed by atoms with Crippen LogP contribution >= 0.6 is 0 Å². The summed E-state index contributed by atoms with van der Waals surface area (Å²) < 4.78 is 5.60. The molecule has 0 saturated carbocycles. The number of likely N-dealkylation sites (N-methyl/N-ethyl adjacent to an activating group) is 1. The number of furan rings is 1. The van der Waals surface area contributed by atoms with Crippen LogP contribution < -0.4 is 0 Å². The molecule has 0 aromatic carbocycles. The first-order valence-corrected chi connectivity index (χ1v) is 8.57. The molecule has 0 spiro atoms. The molecule has 7 heteroatoms. The van der Waals surface area contributed by atoms with Gasteiger partial charge >= 0.3 is 5.97 Å². The Kier molecular flexibility index (Phi) is 5.87. The Morgan fingerprint density at radius 1 is 1.40 bits per heavy atom. The molecule has 1 aromatic heterocycles. The molecule has 2 amide bonds. The zero-order valence-corrected chi connectivity index (χ0v) is 15.2. The maximum Gasteiger partial charge on any atom is 0.308 e. The van der Waals surface area contributed by atoms with E-state index in [2.05, 4.69) is 0 Å². The van der Waals surface area contributed by atoms with Gasteiger partial charge in [0.2, 0.25) is 5.91 Å². The number of carboxylic acid groups (broad SMARTS) is 1. The molecule has 1 aliphatic rings. The molecule has 1 aliphatic heterocycles. The van der Waals surface area contributed by atoms with Crippen LogP contribution in [0, 0.1) is 12.8 Å². The fourth-order valence-corrected chi connectivity index (χ4v) is 2.99. The highest BCUT2D eigenvalue weighted by molar-refractivity contribution is 5.97. The van der Waals surface area contributed by atoms with Crippen LogP contribution in [-0.2, 0) is 9.59 Å². The Balaban J connectivity index is 2.01. The molecule has 138 valence electrons. The monoisotopic (exact) mass is 350 g/mol. The van der Waals surface area contributed by atoms with Crippen LogP contribution in [0.3, 0.4) is 0 Å². The van der Waals surface area contributed by atoms with Crippen molar-refractivity contribution in [2.75, 3.05) is 26.7 Å². The first kappa shape index (κ1) is 19.0. The standard InChI is InChI=1S/C18H26N2O5/c1-11(2)15-8-14(12(3)25-15)17(22)19(4)10-16(21)20-7-5-6-13(9-20)18(23)24/h8,11,13H,5-7,9-10H2,1-4H3,(H,23,24). The van der Waals surface area contributed by atoms with Gasteiger partial charge in [-0.05, 0) is 25.8 Å². The summed E-state index contributed by atoms with van der Waals surface area (Å²) in [6.07, 6.45) is 1.25. The number of aryl methyl sites for hydroxylation is 1. The van der Waals surface area contributed by atoms with Crippen LogP contribution in [0.4, 0.5) is 0 Å². The zero-order valence-electron chi connectivity index (χ0n) is 15.2.